The number of aromatic nitrogens is 2. The molecule has 6 heteroatoms. The van der Waals surface area contributed by atoms with E-state index in [0.717, 1.165) is 4.90 Å². The average molecular weight is 236 g/mol. The highest BCUT2D eigenvalue weighted by molar-refractivity contribution is 7.99. The van der Waals surface area contributed by atoms with Gasteiger partial charge in [0.05, 0.1) is 0 Å². The topological polar surface area (TPSA) is 77.8 Å². The molecule has 4 N–H and O–H groups in total. The van der Waals surface area contributed by atoms with Crippen LogP contribution in [0, 0.1) is 5.82 Å². The van der Waals surface area contributed by atoms with E-state index in [-0.39, 0.29) is 11.8 Å². The van der Waals surface area contributed by atoms with Crippen LogP contribution in [-0.2, 0) is 0 Å². The maximum absolute atomic E-state index is 12.7. The normalized spacial score (nSPS) is 10.3. The molecule has 0 saturated heterocycles. The third-order valence-electron chi connectivity index (χ3n) is 1.78. The second-order valence-corrected chi connectivity index (χ2v) is 4.14. The molecule has 0 saturated carbocycles. The van der Waals surface area contributed by atoms with Gasteiger partial charge >= 0.3 is 0 Å². The van der Waals surface area contributed by atoms with Gasteiger partial charge in [0.15, 0.2) is 0 Å². The Bertz CT molecular complexity index is 480. The number of nitrogen functional groups attached to an aromatic ring is 2. The number of rotatable bonds is 2. The van der Waals surface area contributed by atoms with Crippen LogP contribution in [0.5, 0.6) is 0 Å². The molecule has 0 radical (unpaired) electrons. The molecule has 16 heavy (non-hydrogen) atoms. The van der Waals surface area contributed by atoms with Gasteiger partial charge in [-0.2, -0.15) is 4.98 Å². The standard InChI is InChI=1S/C10H9FN4S/c11-6-1-3-7(4-2-6)16-9-5-8(12)14-10(13)15-9/h1-5H,(H4,12,13,14,15). The third kappa shape index (κ3) is 2.60. The van der Waals surface area contributed by atoms with Gasteiger partial charge in [-0.15, -0.1) is 0 Å². The van der Waals surface area contributed by atoms with Crippen LogP contribution < -0.4 is 11.5 Å². The highest BCUT2D eigenvalue weighted by Crippen LogP contribution is 2.27. The Labute approximate surface area is 95.9 Å². The number of nitrogens with two attached hydrogens (primary N) is 2. The smallest absolute Gasteiger partial charge is 0.223 e. The van der Waals surface area contributed by atoms with Gasteiger partial charge in [-0.25, -0.2) is 9.37 Å². The second kappa shape index (κ2) is 4.36. The Kier molecular flexibility index (Phi) is 2.91. The van der Waals surface area contributed by atoms with E-state index in [4.69, 9.17) is 11.5 Å². The molecule has 2 rings (SSSR count). The lowest BCUT2D eigenvalue weighted by Crippen LogP contribution is -1.99. The summed E-state index contributed by atoms with van der Waals surface area (Å²) in [6.45, 7) is 0. The summed E-state index contributed by atoms with van der Waals surface area (Å²) in [5, 5.41) is 0.636. The maximum Gasteiger partial charge on any atom is 0.223 e. The lowest BCUT2D eigenvalue weighted by atomic mass is 10.4. The van der Waals surface area contributed by atoms with Crippen molar-refractivity contribution in [2.45, 2.75) is 9.92 Å². The van der Waals surface area contributed by atoms with Crippen LogP contribution >= 0.6 is 11.8 Å². The SMILES string of the molecule is Nc1cc(Sc2ccc(F)cc2)nc(N)n1. The van der Waals surface area contributed by atoms with Gasteiger partial charge < -0.3 is 11.5 Å². The summed E-state index contributed by atoms with van der Waals surface area (Å²) in [6, 6.07) is 7.71. The Morgan fingerprint density at radius 3 is 2.38 bits per heavy atom. The summed E-state index contributed by atoms with van der Waals surface area (Å²) in [7, 11) is 0. The van der Waals surface area contributed by atoms with Crippen LogP contribution in [0.15, 0.2) is 40.3 Å². The van der Waals surface area contributed by atoms with Crippen molar-refractivity contribution in [3.05, 3.63) is 36.1 Å². The molecule has 0 aliphatic rings. The molecule has 0 aliphatic carbocycles. The molecule has 0 atom stereocenters. The quantitative estimate of drug-likeness (QED) is 0.779. The monoisotopic (exact) mass is 236 g/mol. The Morgan fingerprint density at radius 1 is 1.06 bits per heavy atom. The van der Waals surface area contributed by atoms with E-state index in [1.54, 1.807) is 18.2 Å². The predicted molar refractivity (Wildman–Crippen MR) is 61.4 cm³/mol. The molecule has 1 heterocycles. The van der Waals surface area contributed by atoms with Crippen molar-refractivity contribution in [3.8, 4) is 0 Å². The summed E-state index contributed by atoms with van der Waals surface area (Å²) in [4.78, 5) is 8.63. The molecule has 82 valence electrons. The zero-order chi connectivity index (χ0) is 11.5. The van der Waals surface area contributed by atoms with Crippen molar-refractivity contribution in [2.24, 2.45) is 0 Å². The number of hydrogen-bond acceptors (Lipinski definition) is 5. The molecule has 0 amide bonds. The lowest BCUT2D eigenvalue weighted by Gasteiger charge is -2.02. The van der Waals surface area contributed by atoms with Crippen molar-refractivity contribution < 1.29 is 4.39 Å². The van der Waals surface area contributed by atoms with E-state index in [9.17, 15) is 4.39 Å². The fourth-order valence-electron chi connectivity index (χ4n) is 1.14. The van der Waals surface area contributed by atoms with Gasteiger partial charge in [-0.1, -0.05) is 11.8 Å². The molecule has 0 fully saturated rings. The number of benzene rings is 1. The summed E-state index contributed by atoms with van der Waals surface area (Å²) in [5.74, 6) is 0.174. The van der Waals surface area contributed by atoms with Crippen LogP contribution in [0.3, 0.4) is 0 Å². The Hall–Kier alpha value is -1.82. The third-order valence-corrected chi connectivity index (χ3v) is 2.70. The van der Waals surface area contributed by atoms with Crippen molar-refractivity contribution in [3.63, 3.8) is 0 Å². The number of halogens is 1. The molecule has 2 aromatic rings. The fourth-order valence-corrected chi connectivity index (χ4v) is 1.97. The first-order chi connectivity index (χ1) is 7.63. The summed E-state index contributed by atoms with van der Waals surface area (Å²) in [6.07, 6.45) is 0. The van der Waals surface area contributed by atoms with E-state index in [1.165, 1.54) is 23.9 Å². The van der Waals surface area contributed by atoms with Crippen molar-refractivity contribution in [1.82, 2.24) is 9.97 Å². The van der Waals surface area contributed by atoms with E-state index >= 15 is 0 Å². The van der Waals surface area contributed by atoms with Crippen LogP contribution in [0.2, 0.25) is 0 Å². The first-order valence-corrected chi connectivity index (χ1v) is 5.28. The molecule has 0 unspecified atom stereocenters. The highest BCUT2D eigenvalue weighted by atomic mass is 32.2. The van der Waals surface area contributed by atoms with E-state index in [2.05, 4.69) is 9.97 Å². The second-order valence-electron chi connectivity index (χ2n) is 3.05. The van der Waals surface area contributed by atoms with Gasteiger partial charge in [0.1, 0.15) is 16.7 Å². The first-order valence-electron chi connectivity index (χ1n) is 4.47. The molecule has 0 bridgehead atoms. The minimum atomic E-state index is -0.272. The summed E-state index contributed by atoms with van der Waals surface area (Å²) >= 11 is 1.35. The van der Waals surface area contributed by atoms with E-state index < -0.39 is 0 Å². The zero-order valence-electron chi connectivity index (χ0n) is 8.22. The molecule has 0 aliphatic heterocycles. The lowest BCUT2D eigenvalue weighted by molar-refractivity contribution is 0.626. The highest BCUT2D eigenvalue weighted by Gasteiger charge is 2.02. The van der Waals surface area contributed by atoms with Gasteiger partial charge in [0.2, 0.25) is 5.95 Å². The van der Waals surface area contributed by atoms with Crippen LogP contribution in [-0.4, -0.2) is 9.97 Å². The number of hydrogen-bond donors (Lipinski definition) is 2. The largest absolute Gasteiger partial charge is 0.383 e. The molecule has 1 aromatic heterocycles. The van der Waals surface area contributed by atoms with E-state index in [1.807, 2.05) is 0 Å². The van der Waals surface area contributed by atoms with Gasteiger partial charge in [0.25, 0.3) is 0 Å². The molecule has 4 nitrogen and oxygen atoms in total. The summed E-state index contributed by atoms with van der Waals surface area (Å²) in [5.41, 5.74) is 11.0. The Balaban J connectivity index is 2.23. The van der Waals surface area contributed by atoms with Crippen molar-refractivity contribution in [2.75, 3.05) is 11.5 Å². The van der Waals surface area contributed by atoms with Crippen LogP contribution in [0.1, 0.15) is 0 Å². The molecular formula is C10H9FN4S. The van der Waals surface area contributed by atoms with Gasteiger partial charge in [-0.3, -0.25) is 0 Å². The van der Waals surface area contributed by atoms with Crippen molar-refractivity contribution >= 4 is 23.5 Å². The number of nitrogens with zero attached hydrogens (tertiary/aromatic N) is 2. The summed E-state index contributed by atoms with van der Waals surface area (Å²) < 4.78 is 12.7. The Morgan fingerprint density at radius 2 is 1.75 bits per heavy atom. The first kappa shape index (κ1) is 10.7. The number of anilines is 2. The minimum Gasteiger partial charge on any atom is -0.383 e. The van der Waals surface area contributed by atoms with Gasteiger partial charge in [-0.05, 0) is 24.3 Å². The average Bonchev–Trinajstić information content (AvgIpc) is 2.20. The fraction of sp³-hybridized carbons (Fsp3) is 0. The van der Waals surface area contributed by atoms with Crippen LogP contribution in [0.4, 0.5) is 16.2 Å². The van der Waals surface area contributed by atoms with Gasteiger partial charge in [0, 0.05) is 11.0 Å². The zero-order valence-corrected chi connectivity index (χ0v) is 9.04. The molecular weight excluding hydrogens is 227 g/mol. The maximum atomic E-state index is 12.7. The van der Waals surface area contributed by atoms with Crippen molar-refractivity contribution in [1.29, 1.82) is 0 Å². The minimum absolute atomic E-state index is 0.129. The van der Waals surface area contributed by atoms with E-state index in [0.29, 0.717) is 10.8 Å². The molecule has 0 spiro atoms. The molecule has 1 aromatic carbocycles. The predicted octanol–water partition coefficient (Wildman–Crippen LogP) is 1.93. The van der Waals surface area contributed by atoms with Crippen LogP contribution in [0.25, 0.3) is 0 Å².